The summed E-state index contributed by atoms with van der Waals surface area (Å²) < 4.78 is 1.92. The molecule has 152 valence electrons. The van der Waals surface area contributed by atoms with Gasteiger partial charge in [-0.3, -0.25) is 9.80 Å². The number of nitrogens with zero attached hydrogens (tertiary/aromatic N) is 4. The van der Waals surface area contributed by atoms with Gasteiger partial charge < -0.3 is 5.11 Å². The molecule has 5 nitrogen and oxygen atoms in total. The Balaban J connectivity index is 1.36. The lowest BCUT2D eigenvalue weighted by molar-refractivity contribution is 0.0400. The Morgan fingerprint density at radius 1 is 1.07 bits per heavy atom. The van der Waals surface area contributed by atoms with E-state index in [9.17, 15) is 5.11 Å². The van der Waals surface area contributed by atoms with Crippen molar-refractivity contribution in [1.29, 1.82) is 0 Å². The summed E-state index contributed by atoms with van der Waals surface area (Å²) >= 11 is 0. The monoisotopic (exact) mass is 382 g/mol. The quantitative estimate of drug-likeness (QED) is 0.798. The van der Waals surface area contributed by atoms with Crippen LogP contribution in [0.5, 0.6) is 0 Å². The molecule has 1 aliphatic heterocycles. The summed E-state index contributed by atoms with van der Waals surface area (Å²) in [7, 11) is 0. The second-order valence-electron chi connectivity index (χ2n) is 8.52. The molecule has 2 aromatic rings. The summed E-state index contributed by atoms with van der Waals surface area (Å²) in [5.74, 6) is 0.868. The number of aliphatic hydroxyl groups excluding tert-OH is 1. The average Bonchev–Trinajstić information content (AvgIpc) is 3.26. The highest BCUT2D eigenvalue weighted by Crippen LogP contribution is 2.26. The van der Waals surface area contributed by atoms with Crippen molar-refractivity contribution >= 4 is 0 Å². The molecular formula is C23H34N4O. The molecule has 1 unspecified atom stereocenters. The number of hydrogen-bond acceptors (Lipinski definition) is 4. The molecule has 2 fully saturated rings. The fraction of sp³-hybridized carbons (Fsp3) is 0.609. The summed E-state index contributed by atoms with van der Waals surface area (Å²) in [6.07, 6.45) is 11.7. The Kier molecular flexibility index (Phi) is 6.78. The van der Waals surface area contributed by atoms with Crippen LogP contribution in [0, 0.1) is 5.92 Å². The molecule has 0 spiro atoms. The number of aliphatic hydroxyl groups is 1. The SMILES string of the molecule is OCCC1CN(Cc2cccc(-n3cccn3)c2)CCN1CC1CCCCC1. The van der Waals surface area contributed by atoms with Crippen molar-refractivity contribution < 1.29 is 5.11 Å². The highest BCUT2D eigenvalue weighted by atomic mass is 16.3. The molecule has 0 amide bonds. The van der Waals surface area contributed by atoms with Crippen molar-refractivity contribution in [2.45, 2.75) is 51.1 Å². The maximum absolute atomic E-state index is 9.61. The number of hydrogen-bond donors (Lipinski definition) is 1. The highest BCUT2D eigenvalue weighted by molar-refractivity contribution is 5.35. The third-order valence-corrected chi connectivity index (χ3v) is 6.45. The van der Waals surface area contributed by atoms with Gasteiger partial charge in [0.15, 0.2) is 0 Å². The molecule has 0 radical (unpaired) electrons. The van der Waals surface area contributed by atoms with E-state index < -0.39 is 0 Å². The number of rotatable bonds is 7. The largest absolute Gasteiger partial charge is 0.396 e. The molecule has 4 rings (SSSR count). The Morgan fingerprint density at radius 2 is 1.96 bits per heavy atom. The van der Waals surface area contributed by atoms with E-state index in [1.807, 2.05) is 23.1 Å². The van der Waals surface area contributed by atoms with E-state index in [4.69, 9.17) is 0 Å². The van der Waals surface area contributed by atoms with E-state index in [0.717, 1.165) is 44.2 Å². The minimum atomic E-state index is 0.286. The number of aromatic nitrogens is 2. The van der Waals surface area contributed by atoms with E-state index in [-0.39, 0.29) is 6.61 Å². The lowest BCUT2D eigenvalue weighted by Gasteiger charge is -2.43. The van der Waals surface area contributed by atoms with Crippen LogP contribution in [0.1, 0.15) is 44.1 Å². The first-order valence-corrected chi connectivity index (χ1v) is 11.0. The Hall–Kier alpha value is -1.69. The average molecular weight is 383 g/mol. The van der Waals surface area contributed by atoms with Crippen molar-refractivity contribution in [2.24, 2.45) is 5.92 Å². The molecule has 2 aliphatic rings. The fourth-order valence-corrected chi connectivity index (χ4v) is 4.94. The second kappa shape index (κ2) is 9.68. The molecule has 1 saturated heterocycles. The molecule has 1 aromatic carbocycles. The molecule has 1 saturated carbocycles. The second-order valence-corrected chi connectivity index (χ2v) is 8.52. The first-order chi connectivity index (χ1) is 13.8. The van der Waals surface area contributed by atoms with Crippen LogP contribution < -0.4 is 0 Å². The maximum atomic E-state index is 9.61. The van der Waals surface area contributed by atoms with E-state index in [1.54, 1.807) is 0 Å². The van der Waals surface area contributed by atoms with Crippen LogP contribution in [0.3, 0.4) is 0 Å². The van der Waals surface area contributed by atoms with E-state index >= 15 is 0 Å². The van der Waals surface area contributed by atoms with E-state index in [0.29, 0.717) is 6.04 Å². The van der Waals surface area contributed by atoms with Gasteiger partial charge in [-0.1, -0.05) is 31.4 Å². The van der Waals surface area contributed by atoms with Gasteiger partial charge in [0.1, 0.15) is 0 Å². The van der Waals surface area contributed by atoms with Crippen molar-refractivity contribution in [3.63, 3.8) is 0 Å². The first-order valence-electron chi connectivity index (χ1n) is 11.0. The van der Waals surface area contributed by atoms with Crippen LogP contribution in [0.25, 0.3) is 5.69 Å². The van der Waals surface area contributed by atoms with Gasteiger partial charge >= 0.3 is 0 Å². The number of benzene rings is 1. The Bertz CT molecular complexity index is 711. The molecule has 1 atom stereocenters. The van der Waals surface area contributed by atoms with Crippen LogP contribution >= 0.6 is 0 Å². The third-order valence-electron chi connectivity index (χ3n) is 6.45. The lowest BCUT2D eigenvalue weighted by Crippen LogP contribution is -2.54. The molecule has 28 heavy (non-hydrogen) atoms. The zero-order valence-corrected chi connectivity index (χ0v) is 16.9. The van der Waals surface area contributed by atoms with Crippen LogP contribution in [-0.4, -0.2) is 63.5 Å². The molecule has 5 heteroatoms. The van der Waals surface area contributed by atoms with Gasteiger partial charge in [-0.15, -0.1) is 0 Å². The summed E-state index contributed by atoms with van der Waals surface area (Å²) in [5.41, 5.74) is 2.45. The van der Waals surface area contributed by atoms with Gasteiger partial charge in [-0.05, 0) is 48.9 Å². The normalized spacial score (nSPS) is 22.5. The molecule has 1 aliphatic carbocycles. The maximum Gasteiger partial charge on any atom is 0.0648 e. The molecular weight excluding hydrogens is 348 g/mol. The highest BCUT2D eigenvalue weighted by Gasteiger charge is 2.28. The Labute approximate surface area is 169 Å². The standard InChI is InChI=1S/C23H34N4O/c28-15-10-23-19-25(13-14-26(23)18-20-6-2-1-3-7-20)17-21-8-4-9-22(16-21)27-12-5-11-24-27/h4-5,8-9,11-12,16,20,23,28H,1-3,6-7,10,13-15,17-19H2. The molecule has 1 N–H and O–H groups in total. The van der Waals surface area contributed by atoms with Crippen molar-refractivity contribution in [3.05, 3.63) is 48.3 Å². The summed E-state index contributed by atoms with van der Waals surface area (Å²) in [4.78, 5) is 5.22. The summed E-state index contributed by atoms with van der Waals surface area (Å²) in [5, 5.41) is 14.0. The van der Waals surface area contributed by atoms with Crippen LogP contribution in [-0.2, 0) is 6.54 Å². The molecule has 2 heterocycles. The zero-order chi connectivity index (χ0) is 19.2. The fourth-order valence-electron chi connectivity index (χ4n) is 4.94. The van der Waals surface area contributed by atoms with Gasteiger partial charge in [-0.25, -0.2) is 4.68 Å². The van der Waals surface area contributed by atoms with Gasteiger partial charge in [-0.2, -0.15) is 5.10 Å². The minimum Gasteiger partial charge on any atom is -0.396 e. The lowest BCUT2D eigenvalue weighted by atomic mass is 9.88. The topological polar surface area (TPSA) is 44.5 Å². The smallest absolute Gasteiger partial charge is 0.0648 e. The molecule has 0 bridgehead atoms. The summed E-state index contributed by atoms with van der Waals surface area (Å²) in [6.45, 7) is 5.77. The van der Waals surface area contributed by atoms with Crippen LogP contribution in [0.2, 0.25) is 0 Å². The summed E-state index contributed by atoms with van der Waals surface area (Å²) in [6, 6.07) is 11.1. The van der Waals surface area contributed by atoms with Gasteiger partial charge in [0.05, 0.1) is 5.69 Å². The van der Waals surface area contributed by atoms with Crippen LogP contribution in [0.4, 0.5) is 0 Å². The predicted molar refractivity (Wildman–Crippen MR) is 112 cm³/mol. The van der Waals surface area contributed by atoms with Gasteiger partial charge in [0.2, 0.25) is 0 Å². The van der Waals surface area contributed by atoms with Crippen LogP contribution in [0.15, 0.2) is 42.7 Å². The van der Waals surface area contributed by atoms with Crippen molar-refractivity contribution in [1.82, 2.24) is 19.6 Å². The third kappa shape index (κ3) is 5.02. The van der Waals surface area contributed by atoms with Crippen molar-refractivity contribution in [2.75, 3.05) is 32.8 Å². The predicted octanol–water partition coefficient (Wildman–Crippen LogP) is 3.32. The minimum absolute atomic E-state index is 0.286. The first kappa shape index (κ1) is 19.6. The van der Waals surface area contributed by atoms with Gasteiger partial charge in [0, 0.05) is 57.8 Å². The number of piperazine rings is 1. The zero-order valence-electron chi connectivity index (χ0n) is 16.9. The molecule has 1 aromatic heterocycles. The van der Waals surface area contributed by atoms with Gasteiger partial charge in [0.25, 0.3) is 0 Å². The van der Waals surface area contributed by atoms with E-state index in [1.165, 1.54) is 44.2 Å². The Morgan fingerprint density at radius 3 is 2.75 bits per heavy atom. The van der Waals surface area contributed by atoms with E-state index in [2.05, 4.69) is 39.2 Å². The van der Waals surface area contributed by atoms with Crippen molar-refractivity contribution in [3.8, 4) is 5.69 Å².